The molecule has 110 valence electrons. The Kier molecular flexibility index (Phi) is 3.50. The van der Waals surface area contributed by atoms with Gasteiger partial charge in [0.2, 0.25) is 5.95 Å². The molecule has 3 N–H and O–H groups in total. The van der Waals surface area contributed by atoms with E-state index in [1.807, 2.05) is 24.6 Å². The summed E-state index contributed by atoms with van der Waals surface area (Å²) in [4.78, 5) is 10.2. The summed E-state index contributed by atoms with van der Waals surface area (Å²) in [5.41, 5.74) is 7.59. The van der Waals surface area contributed by atoms with Crippen molar-refractivity contribution >= 4 is 34.1 Å². The number of nitrogens with zero attached hydrogens (tertiary/aromatic N) is 4. The van der Waals surface area contributed by atoms with Crippen LogP contribution in [0, 0.1) is 5.92 Å². The van der Waals surface area contributed by atoms with Crippen molar-refractivity contribution in [3.8, 4) is 10.6 Å². The maximum absolute atomic E-state index is 6.12. The van der Waals surface area contributed by atoms with Crippen LogP contribution in [-0.2, 0) is 7.05 Å². The van der Waals surface area contributed by atoms with Crippen molar-refractivity contribution in [2.45, 2.75) is 13.8 Å². The molecule has 7 heteroatoms. The smallest absolute Gasteiger partial charge is 0.225 e. The van der Waals surface area contributed by atoms with Crippen LogP contribution >= 0.6 is 11.3 Å². The molecule has 0 fully saturated rings. The Hall–Kier alpha value is -2.15. The first-order valence-corrected chi connectivity index (χ1v) is 7.72. The quantitative estimate of drug-likeness (QED) is 0.774. The molecule has 0 aromatic carbocycles. The van der Waals surface area contributed by atoms with E-state index < -0.39 is 0 Å². The van der Waals surface area contributed by atoms with Crippen LogP contribution in [0.25, 0.3) is 21.6 Å². The molecule has 0 atom stereocenters. The van der Waals surface area contributed by atoms with E-state index >= 15 is 0 Å². The van der Waals surface area contributed by atoms with Crippen molar-refractivity contribution < 1.29 is 0 Å². The van der Waals surface area contributed by atoms with Gasteiger partial charge in [0.15, 0.2) is 5.65 Å². The number of nitrogens with one attached hydrogen (secondary N) is 1. The zero-order valence-electron chi connectivity index (χ0n) is 12.3. The molecular weight excluding hydrogens is 284 g/mol. The lowest BCUT2D eigenvalue weighted by molar-refractivity contribution is 0.685. The zero-order valence-corrected chi connectivity index (χ0v) is 13.1. The second-order valence-electron chi connectivity index (χ2n) is 5.36. The third-order valence-electron chi connectivity index (χ3n) is 3.16. The first-order valence-electron chi connectivity index (χ1n) is 6.84. The van der Waals surface area contributed by atoms with Gasteiger partial charge < -0.3 is 11.1 Å². The molecule has 0 radical (unpaired) electrons. The maximum atomic E-state index is 6.12. The molecule has 0 bridgehead atoms. The van der Waals surface area contributed by atoms with E-state index in [0.717, 1.165) is 22.5 Å². The number of nitrogen functional groups attached to an aromatic ring is 1. The Morgan fingerprint density at radius 1 is 1.38 bits per heavy atom. The van der Waals surface area contributed by atoms with Gasteiger partial charge in [0.25, 0.3) is 0 Å². The van der Waals surface area contributed by atoms with Crippen LogP contribution < -0.4 is 11.1 Å². The minimum Gasteiger partial charge on any atom is -0.383 e. The van der Waals surface area contributed by atoms with Crippen LogP contribution in [0.4, 0.5) is 11.8 Å². The van der Waals surface area contributed by atoms with Crippen LogP contribution in [0.5, 0.6) is 0 Å². The summed E-state index contributed by atoms with van der Waals surface area (Å²) in [5, 5.41) is 10.5. The van der Waals surface area contributed by atoms with Crippen molar-refractivity contribution in [2.75, 3.05) is 17.6 Å². The van der Waals surface area contributed by atoms with E-state index in [1.165, 1.54) is 0 Å². The lowest BCUT2D eigenvalue weighted by atomic mass is 10.2. The number of fused-ring (bicyclic) bond motifs is 1. The molecule has 0 aliphatic rings. The molecule has 0 aliphatic carbocycles. The summed E-state index contributed by atoms with van der Waals surface area (Å²) in [5.74, 6) is 1.70. The molecule has 0 spiro atoms. The Morgan fingerprint density at radius 2 is 2.19 bits per heavy atom. The largest absolute Gasteiger partial charge is 0.383 e. The van der Waals surface area contributed by atoms with Gasteiger partial charge in [-0.3, -0.25) is 4.68 Å². The highest BCUT2D eigenvalue weighted by atomic mass is 32.1. The Balaban J connectivity index is 2.16. The van der Waals surface area contributed by atoms with Crippen LogP contribution in [0.1, 0.15) is 13.8 Å². The summed E-state index contributed by atoms with van der Waals surface area (Å²) in [6.07, 6.45) is 0. The van der Waals surface area contributed by atoms with Crippen LogP contribution in [0.15, 0.2) is 17.5 Å². The number of aromatic nitrogens is 4. The van der Waals surface area contributed by atoms with Crippen molar-refractivity contribution in [3.63, 3.8) is 0 Å². The lowest BCUT2D eigenvalue weighted by Gasteiger charge is -2.09. The summed E-state index contributed by atoms with van der Waals surface area (Å²) in [6, 6.07) is 4.03. The van der Waals surface area contributed by atoms with E-state index in [-0.39, 0.29) is 0 Å². The molecular formula is C14H18N6S. The van der Waals surface area contributed by atoms with Crippen molar-refractivity contribution in [2.24, 2.45) is 13.0 Å². The minimum absolute atomic E-state index is 0.517. The van der Waals surface area contributed by atoms with E-state index in [2.05, 4.69) is 34.2 Å². The van der Waals surface area contributed by atoms with E-state index in [9.17, 15) is 0 Å². The standard InChI is InChI=1S/C14H18N6S/c1-8(2)7-16-14-17-11(9-5-4-6-21-9)10-12(15)20(3)19-13(10)18-14/h4-6,8H,7,15H2,1-3H3,(H,16,18,19). The van der Waals surface area contributed by atoms with Gasteiger partial charge in [0.05, 0.1) is 16.0 Å². The Labute approximate surface area is 127 Å². The molecule has 3 aromatic heterocycles. The number of rotatable bonds is 4. The number of hydrogen-bond donors (Lipinski definition) is 2. The van der Waals surface area contributed by atoms with E-state index in [0.29, 0.717) is 23.3 Å². The number of nitrogens with two attached hydrogens (primary N) is 1. The molecule has 6 nitrogen and oxygen atoms in total. The number of thiophene rings is 1. The van der Waals surface area contributed by atoms with Gasteiger partial charge in [-0.25, -0.2) is 4.98 Å². The summed E-state index contributed by atoms with van der Waals surface area (Å²) in [6.45, 7) is 5.10. The summed E-state index contributed by atoms with van der Waals surface area (Å²) in [7, 11) is 1.82. The number of hydrogen-bond acceptors (Lipinski definition) is 6. The second kappa shape index (κ2) is 5.33. The minimum atomic E-state index is 0.517. The van der Waals surface area contributed by atoms with Crippen LogP contribution in [0.3, 0.4) is 0 Å². The summed E-state index contributed by atoms with van der Waals surface area (Å²) >= 11 is 1.63. The topological polar surface area (TPSA) is 81.6 Å². The highest BCUT2D eigenvalue weighted by molar-refractivity contribution is 7.13. The fourth-order valence-corrected chi connectivity index (χ4v) is 2.80. The molecule has 0 aliphatic heterocycles. The predicted octanol–water partition coefficient (Wildman–Crippen LogP) is 2.74. The van der Waals surface area contributed by atoms with Gasteiger partial charge in [-0.15, -0.1) is 11.3 Å². The normalized spacial score (nSPS) is 11.4. The highest BCUT2D eigenvalue weighted by Crippen LogP contribution is 2.33. The van der Waals surface area contributed by atoms with Crippen molar-refractivity contribution in [1.82, 2.24) is 19.7 Å². The van der Waals surface area contributed by atoms with E-state index in [1.54, 1.807) is 16.0 Å². The molecule has 0 amide bonds. The molecule has 0 saturated carbocycles. The predicted molar refractivity (Wildman–Crippen MR) is 87.4 cm³/mol. The zero-order chi connectivity index (χ0) is 15.0. The number of anilines is 2. The van der Waals surface area contributed by atoms with Gasteiger partial charge in [0, 0.05) is 13.6 Å². The Morgan fingerprint density at radius 3 is 2.86 bits per heavy atom. The van der Waals surface area contributed by atoms with E-state index in [4.69, 9.17) is 5.73 Å². The maximum Gasteiger partial charge on any atom is 0.225 e. The fourth-order valence-electron chi connectivity index (χ4n) is 2.08. The van der Waals surface area contributed by atoms with Gasteiger partial charge >= 0.3 is 0 Å². The SMILES string of the molecule is CC(C)CNc1nc(-c2cccs2)c2c(N)n(C)nc2n1. The first kappa shape index (κ1) is 13.8. The third-order valence-corrected chi connectivity index (χ3v) is 4.04. The fraction of sp³-hybridized carbons (Fsp3) is 0.357. The molecule has 3 rings (SSSR count). The molecule has 0 saturated heterocycles. The van der Waals surface area contributed by atoms with Crippen molar-refractivity contribution in [1.29, 1.82) is 0 Å². The molecule has 0 unspecified atom stereocenters. The van der Waals surface area contributed by atoms with Gasteiger partial charge in [-0.2, -0.15) is 10.1 Å². The lowest BCUT2D eigenvalue weighted by Crippen LogP contribution is -2.11. The average molecular weight is 302 g/mol. The first-order chi connectivity index (χ1) is 10.1. The van der Waals surface area contributed by atoms with Crippen LogP contribution in [0.2, 0.25) is 0 Å². The summed E-state index contributed by atoms with van der Waals surface area (Å²) < 4.78 is 1.64. The Bertz CT molecular complexity index is 759. The van der Waals surface area contributed by atoms with Gasteiger partial charge in [-0.1, -0.05) is 19.9 Å². The molecule has 21 heavy (non-hydrogen) atoms. The second-order valence-corrected chi connectivity index (χ2v) is 6.30. The average Bonchev–Trinajstić information content (AvgIpc) is 3.05. The highest BCUT2D eigenvalue weighted by Gasteiger charge is 2.17. The molecule has 3 aromatic rings. The monoisotopic (exact) mass is 302 g/mol. The number of aryl methyl sites for hydroxylation is 1. The van der Waals surface area contributed by atoms with Gasteiger partial charge in [0.1, 0.15) is 5.82 Å². The molecule has 3 heterocycles. The van der Waals surface area contributed by atoms with Gasteiger partial charge in [-0.05, 0) is 17.4 Å². The third kappa shape index (κ3) is 2.56. The van der Waals surface area contributed by atoms with Crippen molar-refractivity contribution in [3.05, 3.63) is 17.5 Å². The van der Waals surface area contributed by atoms with Crippen LogP contribution in [-0.4, -0.2) is 26.3 Å².